The highest BCUT2D eigenvalue weighted by molar-refractivity contribution is 7.88. The van der Waals surface area contributed by atoms with Crippen molar-refractivity contribution in [2.75, 3.05) is 7.11 Å². The van der Waals surface area contributed by atoms with Crippen LogP contribution in [0.4, 0.5) is 0 Å². The van der Waals surface area contributed by atoms with Crippen LogP contribution in [0.5, 0.6) is 0 Å². The average molecular weight is 320 g/mol. The minimum absolute atomic E-state index is 0.142. The number of carbonyl (C=O) groups is 1. The molecule has 22 heavy (non-hydrogen) atoms. The molecule has 0 atom stereocenters. The molecule has 7 heteroatoms. The van der Waals surface area contributed by atoms with Crippen LogP contribution in [0.1, 0.15) is 21.6 Å². The highest BCUT2D eigenvalue weighted by atomic mass is 32.2. The van der Waals surface area contributed by atoms with Crippen molar-refractivity contribution >= 4 is 16.0 Å². The van der Waals surface area contributed by atoms with Crippen molar-refractivity contribution < 1.29 is 17.9 Å². The number of ether oxygens (including phenoxy) is 1. The van der Waals surface area contributed by atoms with Gasteiger partial charge in [-0.25, -0.2) is 17.9 Å². The van der Waals surface area contributed by atoms with Gasteiger partial charge < -0.3 is 4.74 Å². The van der Waals surface area contributed by atoms with Crippen molar-refractivity contribution in [2.24, 2.45) is 0 Å². The molecular weight excluding hydrogens is 304 g/mol. The van der Waals surface area contributed by atoms with E-state index in [0.29, 0.717) is 16.8 Å². The monoisotopic (exact) mass is 320 g/mol. The lowest BCUT2D eigenvalue weighted by molar-refractivity contribution is 0.0600. The van der Waals surface area contributed by atoms with Crippen LogP contribution >= 0.6 is 0 Å². The summed E-state index contributed by atoms with van der Waals surface area (Å²) in [4.78, 5) is 15.4. The molecule has 0 amide bonds. The molecule has 0 saturated carbocycles. The Hall–Kier alpha value is -2.25. The van der Waals surface area contributed by atoms with Gasteiger partial charge in [0.2, 0.25) is 10.0 Å². The zero-order valence-corrected chi connectivity index (χ0v) is 12.8. The van der Waals surface area contributed by atoms with E-state index in [4.69, 9.17) is 0 Å². The molecule has 0 aliphatic heterocycles. The van der Waals surface area contributed by atoms with Crippen molar-refractivity contribution in [1.29, 1.82) is 0 Å². The van der Waals surface area contributed by atoms with Gasteiger partial charge in [-0.2, -0.15) is 0 Å². The molecule has 0 radical (unpaired) electrons. The first-order valence-electron chi connectivity index (χ1n) is 6.55. The lowest BCUT2D eigenvalue weighted by atomic mass is 10.1. The van der Waals surface area contributed by atoms with E-state index >= 15 is 0 Å². The maximum absolute atomic E-state index is 12.0. The van der Waals surface area contributed by atoms with E-state index in [-0.39, 0.29) is 12.3 Å². The number of rotatable bonds is 6. The second-order valence-electron chi connectivity index (χ2n) is 4.59. The number of methoxy groups -OCH3 is 1. The number of hydrogen-bond donors (Lipinski definition) is 1. The van der Waals surface area contributed by atoms with Gasteiger partial charge in [0.05, 0.1) is 30.7 Å². The minimum Gasteiger partial charge on any atom is -0.465 e. The van der Waals surface area contributed by atoms with Gasteiger partial charge in [-0.05, 0) is 29.8 Å². The molecule has 1 N–H and O–H groups in total. The van der Waals surface area contributed by atoms with Crippen LogP contribution in [-0.4, -0.2) is 26.5 Å². The van der Waals surface area contributed by atoms with Crippen LogP contribution in [0.25, 0.3) is 0 Å². The van der Waals surface area contributed by atoms with Crippen LogP contribution < -0.4 is 4.72 Å². The predicted octanol–water partition coefficient (Wildman–Crippen LogP) is 1.49. The van der Waals surface area contributed by atoms with Crippen molar-refractivity contribution in [3.05, 3.63) is 65.5 Å². The number of carbonyl (C=O) groups excluding carboxylic acids is 1. The fourth-order valence-corrected chi connectivity index (χ4v) is 2.91. The number of pyridine rings is 1. The molecule has 6 nitrogen and oxygen atoms in total. The average Bonchev–Trinajstić information content (AvgIpc) is 2.54. The minimum atomic E-state index is -3.48. The number of hydrogen-bond acceptors (Lipinski definition) is 5. The van der Waals surface area contributed by atoms with E-state index in [1.807, 2.05) is 0 Å². The van der Waals surface area contributed by atoms with Gasteiger partial charge in [-0.15, -0.1) is 0 Å². The molecule has 0 fully saturated rings. The summed E-state index contributed by atoms with van der Waals surface area (Å²) in [6.45, 7) is 0.142. The van der Waals surface area contributed by atoms with E-state index in [1.54, 1.807) is 36.5 Å². The second-order valence-corrected chi connectivity index (χ2v) is 6.40. The summed E-state index contributed by atoms with van der Waals surface area (Å²) in [5, 5.41) is 0. The van der Waals surface area contributed by atoms with Gasteiger partial charge in [-0.1, -0.05) is 18.2 Å². The van der Waals surface area contributed by atoms with E-state index in [2.05, 4.69) is 14.4 Å². The van der Waals surface area contributed by atoms with Gasteiger partial charge in [0.25, 0.3) is 0 Å². The third-order valence-corrected chi connectivity index (χ3v) is 4.23. The molecule has 0 bridgehead atoms. The predicted molar refractivity (Wildman–Crippen MR) is 81.5 cm³/mol. The number of esters is 1. The first-order valence-corrected chi connectivity index (χ1v) is 8.20. The highest BCUT2D eigenvalue weighted by Crippen LogP contribution is 2.09. The van der Waals surface area contributed by atoms with E-state index in [9.17, 15) is 13.2 Å². The van der Waals surface area contributed by atoms with Gasteiger partial charge in [0.15, 0.2) is 0 Å². The zero-order valence-electron chi connectivity index (χ0n) is 12.0. The molecule has 0 aliphatic carbocycles. The molecule has 0 aliphatic rings. The lowest BCUT2D eigenvalue weighted by Gasteiger charge is -2.07. The molecule has 116 valence electrons. The Labute approximate surface area is 129 Å². The maximum atomic E-state index is 12.0. The molecule has 0 unspecified atom stereocenters. The summed E-state index contributed by atoms with van der Waals surface area (Å²) in [7, 11) is -2.18. The summed E-state index contributed by atoms with van der Waals surface area (Å²) in [5.74, 6) is -0.621. The van der Waals surface area contributed by atoms with Crippen LogP contribution in [0.2, 0.25) is 0 Å². The van der Waals surface area contributed by atoms with E-state index in [0.717, 1.165) is 0 Å². The summed E-state index contributed by atoms with van der Waals surface area (Å²) in [5.41, 5.74) is 1.61. The maximum Gasteiger partial charge on any atom is 0.337 e. The number of benzene rings is 1. The third-order valence-electron chi connectivity index (χ3n) is 2.93. The molecular formula is C15H16N2O4S. The van der Waals surface area contributed by atoms with Gasteiger partial charge in [0, 0.05) is 6.20 Å². The standard InChI is InChI=1S/C15H16N2O4S/c1-21-15(18)13-7-5-12(6-8-13)11-22(19,20)17-10-14-4-2-3-9-16-14/h2-9,17H,10-11H2,1H3. The molecule has 1 heterocycles. The largest absolute Gasteiger partial charge is 0.465 e. The van der Waals surface area contributed by atoms with Gasteiger partial charge >= 0.3 is 5.97 Å². The fraction of sp³-hybridized carbons (Fsp3) is 0.200. The van der Waals surface area contributed by atoms with Crippen LogP contribution in [0.15, 0.2) is 48.7 Å². The Morgan fingerprint density at radius 3 is 2.50 bits per heavy atom. The quantitative estimate of drug-likeness (QED) is 0.815. The van der Waals surface area contributed by atoms with Crippen LogP contribution in [0, 0.1) is 0 Å². The first-order chi connectivity index (χ1) is 10.5. The van der Waals surface area contributed by atoms with E-state index < -0.39 is 16.0 Å². The number of nitrogens with zero attached hydrogens (tertiary/aromatic N) is 1. The highest BCUT2D eigenvalue weighted by Gasteiger charge is 2.12. The summed E-state index contributed by atoms with van der Waals surface area (Å²) < 4.78 is 31.1. The summed E-state index contributed by atoms with van der Waals surface area (Å²) >= 11 is 0. The first kappa shape index (κ1) is 16.1. The Morgan fingerprint density at radius 1 is 1.18 bits per heavy atom. The number of aromatic nitrogens is 1. The van der Waals surface area contributed by atoms with Crippen LogP contribution in [-0.2, 0) is 27.1 Å². The Morgan fingerprint density at radius 2 is 1.91 bits per heavy atom. The SMILES string of the molecule is COC(=O)c1ccc(CS(=O)(=O)NCc2ccccn2)cc1. The Balaban J connectivity index is 1.98. The molecule has 2 aromatic rings. The molecule has 0 saturated heterocycles. The van der Waals surface area contributed by atoms with E-state index in [1.165, 1.54) is 19.2 Å². The van der Waals surface area contributed by atoms with Crippen molar-refractivity contribution in [1.82, 2.24) is 9.71 Å². The summed E-state index contributed by atoms with van der Waals surface area (Å²) in [6.07, 6.45) is 1.61. The number of sulfonamides is 1. The third kappa shape index (κ3) is 4.64. The van der Waals surface area contributed by atoms with Crippen molar-refractivity contribution in [3.63, 3.8) is 0 Å². The second kappa shape index (κ2) is 7.15. The Kier molecular flexibility index (Phi) is 5.24. The molecule has 0 spiro atoms. The lowest BCUT2D eigenvalue weighted by Crippen LogP contribution is -2.25. The molecule has 1 aromatic heterocycles. The van der Waals surface area contributed by atoms with Gasteiger partial charge in [-0.3, -0.25) is 4.98 Å². The van der Waals surface area contributed by atoms with Gasteiger partial charge in [0.1, 0.15) is 0 Å². The number of nitrogens with one attached hydrogen (secondary N) is 1. The normalized spacial score (nSPS) is 11.1. The molecule has 2 rings (SSSR count). The smallest absolute Gasteiger partial charge is 0.337 e. The van der Waals surface area contributed by atoms with Crippen molar-refractivity contribution in [3.8, 4) is 0 Å². The topological polar surface area (TPSA) is 85.4 Å². The zero-order chi connectivity index (χ0) is 16.0. The summed E-state index contributed by atoms with van der Waals surface area (Å²) in [6, 6.07) is 11.6. The fourth-order valence-electron chi connectivity index (χ4n) is 1.81. The Bertz CT molecular complexity index is 728. The van der Waals surface area contributed by atoms with Crippen molar-refractivity contribution in [2.45, 2.75) is 12.3 Å². The molecule has 1 aromatic carbocycles. The van der Waals surface area contributed by atoms with Crippen LogP contribution in [0.3, 0.4) is 0 Å².